The molecule has 0 radical (unpaired) electrons. The summed E-state index contributed by atoms with van der Waals surface area (Å²) in [5, 5.41) is 7.17. The van der Waals surface area contributed by atoms with E-state index in [4.69, 9.17) is 4.52 Å². The summed E-state index contributed by atoms with van der Waals surface area (Å²) in [4.78, 5) is 15.0. The Morgan fingerprint density at radius 1 is 1.28 bits per heavy atom. The second kappa shape index (κ2) is 7.94. The van der Waals surface area contributed by atoms with E-state index in [1.165, 1.54) is 16.7 Å². The van der Waals surface area contributed by atoms with Crippen LogP contribution in [0, 0.1) is 13.8 Å². The number of hydrogen-bond acceptors (Lipinski definition) is 4. The molecule has 2 heterocycles. The van der Waals surface area contributed by atoms with Gasteiger partial charge in [0.05, 0.1) is 5.69 Å². The maximum atomic E-state index is 12.4. The third kappa shape index (κ3) is 3.97. The number of amides is 1. The number of aryl methyl sites for hydroxylation is 2. The highest BCUT2D eigenvalue weighted by atomic mass is 16.5. The molecule has 1 aliphatic carbocycles. The van der Waals surface area contributed by atoms with Crippen LogP contribution in [0.2, 0.25) is 0 Å². The predicted molar refractivity (Wildman–Crippen MR) is 114 cm³/mol. The standard InChI is InChI=1S/C24H33N3O2/c1-16(2)25-23(28)13-19-14-24(22-8-6-5-7-20(19)22)9-11-27(12-10-24)15-21-17(3)26-29-18(21)4/h5-8,16,19H,9-15H2,1-4H3,(H,25,28). The van der Waals surface area contributed by atoms with E-state index < -0.39 is 0 Å². The van der Waals surface area contributed by atoms with E-state index in [-0.39, 0.29) is 17.4 Å². The zero-order chi connectivity index (χ0) is 20.6. The third-order valence-corrected chi connectivity index (χ3v) is 6.87. The summed E-state index contributed by atoms with van der Waals surface area (Å²) in [6.07, 6.45) is 3.99. The van der Waals surface area contributed by atoms with Crippen LogP contribution in [-0.4, -0.2) is 35.1 Å². The van der Waals surface area contributed by atoms with Crippen LogP contribution in [0.15, 0.2) is 28.8 Å². The molecule has 1 atom stereocenters. The van der Waals surface area contributed by atoms with Crippen molar-refractivity contribution in [3.63, 3.8) is 0 Å². The maximum Gasteiger partial charge on any atom is 0.220 e. The van der Waals surface area contributed by atoms with Crippen LogP contribution < -0.4 is 5.32 Å². The maximum absolute atomic E-state index is 12.4. The lowest BCUT2D eigenvalue weighted by Gasteiger charge is -2.40. The van der Waals surface area contributed by atoms with Crippen LogP contribution in [-0.2, 0) is 16.8 Å². The molecule has 29 heavy (non-hydrogen) atoms. The summed E-state index contributed by atoms with van der Waals surface area (Å²) in [6.45, 7) is 11.1. The molecule has 1 aromatic carbocycles. The molecule has 2 aliphatic rings. The number of rotatable bonds is 5. The molecule has 1 N–H and O–H groups in total. The van der Waals surface area contributed by atoms with Gasteiger partial charge in [-0.05, 0) is 82.5 Å². The number of carbonyl (C=O) groups excluding carboxylic acids is 1. The van der Waals surface area contributed by atoms with E-state index in [9.17, 15) is 4.79 Å². The van der Waals surface area contributed by atoms with E-state index in [0.717, 1.165) is 50.4 Å². The highest BCUT2D eigenvalue weighted by Gasteiger charge is 2.45. The van der Waals surface area contributed by atoms with E-state index in [1.807, 2.05) is 27.7 Å². The highest BCUT2D eigenvalue weighted by Crippen LogP contribution is 2.52. The third-order valence-electron chi connectivity index (χ3n) is 6.87. The smallest absolute Gasteiger partial charge is 0.220 e. The number of benzene rings is 1. The van der Waals surface area contributed by atoms with E-state index in [1.54, 1.807) is 0 Å². The van der Waals surface area contributed by atoms with Gasteiger partial charge in [-0.1, -0.05) is 29.4 Å². The van der Waals surface area contributed by atoms with Crippen LogP contribution in [0.1, 0.15) is 73.6 Å². The summed E-state index contributed by atoms with van der Waals surface area (Å²) in [5.41, 5.74) is 5.33. The van der Waals surface area contributed by atoms with Gasteiger partial charge >= 0.3 is 0 Å². The summed E-state index contributed by atoms with van der Waals surface area (Å²) in [6, 6.07) is 9.03. The number of fused-ring (bicyclic) bond motifs is 2. The van der Waals surface area contributed by atoms with Crippen LogP contribution in [0.3, 0.4) is 0 Å². The largest absolute Gasteiger partial charge is 0.361 e. The molecule has 1 saturated heterocycles. The van der Waals surface area contributed by atoms with Crippen LogP contribution in [0.4, 0.5) is 0 Å². The van der Waals surface area contributed by atoms with Crippen molar-refractivity contribution in [1.82, 2.24) is 15.4 Å². The minimum Gasteiger partial charge on any atom is -0.361 e. The Hall–Kier alpha value is -2.14. The topological polar surface area (TPSA) is 58.4 Å². The van der Waals surface area contributed by atoms with Gasteiger partial charge in [0, 0.05) is 24.6 Å². The van der Waals surface area contributed by atoms with Gasteiger partial charge in [0.15, 0.2) is 0 Å². The van der Waals surface area contributed by atoms with Crippen LogP contribution >= 0.6 is 0 Å². The molecule has 0 bridgehead atoms. The minimum atomic E-state index is 0.174. The fraction of sp³-hybridized carbons (Fsp3) is 0.583. The number of carbonyl (C=O) groups is 1. The first-order valence-electron chi connectivity index (χ1n) is 10.9. The Kier molecular flexibility index (Phi) is 5.52. The summed E-state index contributed by atoms with van der Waals surface area (Å²) >= 11 is 0. The molecular formula is C24H33N3O2. The fourth-order valence-electron chi connectivity index (χ4n) is 5.38. The number of nitrogens with one attached hydrogen (secondary N) is 1. The number of nitrogens with zero attached hydrogens (tertiary/aromatic N) is 2. The summed E-state index contributed by atoms with van der Waals surface area (Å²) in [5.74, 6) is 1.44. The number of hydrogen-bond donors (Lipinski definition) is 1. The average molecular weight is 396 g/mol. The Morgan fingerprint density at radius 2 is 2.00 bits per heavy atom. The van der Waals surface area contributed by atoms with E-state index >= 15 is 0 Å². The second-order valence-electron chi connectivity index (χ2n) is 9.27. The molecule has 1 aromatic heterocycles. The van der Waals surface area contributed by atoms with Crippen LogP contribution in [0.25, 0.3) is 0 Å². The Bertz CT molecular complexity index is 859. The van der Waals surface area contributed by atoms with Gasteiger partial charge in [0.25, 0.3) is 0 Å². The van der Waals surface area contributed by atoms with Crippen molar-refractivity contribution in [1.29, 1.82) is 0 Å². The Balaban J connectivity index is 1.47. The van der Waals surface area contributed by atoms with Gasteiger partial charge in [0.2, 0.25) is 5.91 Å². The predicted octanol–water partition coefficient (Wildman–Crippen LogP) is 4.23. The summed E-state index contributed by atoms with van der Waals surface area (Å²) in [7, 11) is 0. The monoisotopic (exact) mass is 395 g/mol. The van der Waals surface area contributed by atoms with Crippen molar-refractivity contribution in [3.05, 3.63) is 52.4 Å². The van der Waals surface area contributed by atoms with Gasteiger partial charge in [-0.25, -0.2) is 0 Å². The lowest BCUT2D eigenvalue weighted by molar-refractivity contribution is -0.122. The molecule has 1 unspecified atom stereocenters. The highest BCUT2D eigenvalue weighted by molar-refractivity contribution is 5.77. The molecule has 1 aliphatic heterocycles. The zero-order valence-corrected chi connectivity index (χ0v) is 18.1. The lowest BCUT2D eigenvalue weighted by atomic mass is 9.73. The molecule has 4 rings (SSSR count). The summed E-state index contributed by atoms with van der Waals surface area (Å²) < 4.78 is 5.34. The van der Waals surface area contributed by atoms with Crippen molar-refractivity contribution in [2.24, 2.45) is 0 Å². The lowest BCUT2D eigenvalue weighted by Crippen LogP contribution is -2.41. The van der Waals surface area contributed by atoms with Crippen LogP contribution in [0.5, 0.6) is 0 Å². The van der Waals surface area contributed by atoms with Crippen molar-refractivity contribution in [3.8, 4) is 0 Å². The quantitative estimate of drug-likeness (QED) is 0.823. The fourth-order valence-corrected chi connectivity index (χ4v) is 5.38. The van der Waals surface area contributed by atoms with Crippen molar-refractivity contribution < 1.29 is 9.32 Å². The van der Waals surface area contributed by atoms with E-state index in [2.05, 4.69) is 39.6 Å². The molecule has 156 valence electrons. The van der Waals surface area contributed by atoms with Gasteiger partial charge in [-0.3, -0.25) is 9.69 Å². The number of aromatic nitrogens is 1. The SMILES string of the molecule is Cc1noc(C)c1CN1CCC2(CC1)CC(CC(=O)NC(C)C)c1ccccc12. The van der Waals surface area contributed by atoms with Gasteiger partial charge in [0.1, 0.15) is 5.76 Å². The van der Waals surface area contributed by atoms with E-state index in [0.29, 0.717) is 12.3 Å². The minimum absolute atomic E-state index is 0.174. The molecule has 1 fully saturated rings. The Morgan fingerprint density at radius 3 is 2.66 bits per heavy atom. The molecule has 5 nitrogen and oxygen atoms in total. The zero-order valence-electron chi connectivity index (χ0n) is 18.1. The van der Waals surface area contributed by atoms with Crippen molar-refractivity contribution in [2.75, 3.05) is 13.1 Å². The first-order valence-corrected chi connectivity index (χ1v) is 10.9. The van der Waals surface area contributed by atoms with Gasteiger partial charge < -0.3 is 9.84 Å². The first-order chi connectivity index (χ1) is 13.9. The van der Waals surface area contributed by atoms with Crippen molar-refractivity contribution >= 4 is 5.91 Å². The number of piperidine rings is 1. The van der Waals surface area contributed by atoms with Gasteiger partial charge in [-0.2, -0.15) is 0 Å². The number of likely N-dealkylation sites (tertiary alicyclic amines) is 1. The second-order valence-corrected chi connectivity index (χ2v) is 9.27. The molecular weight excluding hydrogens is 362 g/mol. The normalized spacial score (nSPS) is 20.9. The molecule has 0 saturated carbocycles. The molecule has 1 spiro atoms. The Labute approximate surface area is 173 Å². The average Bonchev–Trinajstić information content (AvgIpc) is 3.15. The molecule has 1 amide bonds. The first kappa shape index (κ1) is 20.1. The van der Waals surface area contributed by atoms with Crippen molar-refractivity contribution in [2.45, 2.75) is 77.3 Å². The molecule has 5 heteroatoms. The molecule has 2 aromatic rings. The van der Waals surface area contributed by atoms with Gasteiger partial charge in [-0.15, -0.1) is 0 Å².